The third-order valence-electron chi connectivity index (χ3n) is 3.21. The van der Waals surface area contributed by atoms with Crippen molar-refractivity contribution in [2.75, 3.05) is 0 Å². The van der Waals surface area contributed by atoms with Gasteiger partial charge in [0, 0.05) is 6.07 Å². The lowest BCUT2D eigenvalue weighted by molar-refractivity contribution is -0.385. The number of nitrogens with one attached hydrogen (secondary N) is 1. The summed E-state index contributed by atoms with van der Waals surface area (Å²) in [7, 11) is 0. The van der Waals surface area contributed by atoms with Crippen molar-refractivity contribution in [2.24, 2.45) is 0 Å². The summed E-state index contributed by atoms with van der Waals surface area (Å²) in [6, 6.07) is 6.36. The minimum atomic E-state index is -1.05. The van der Waals surface area contributed by atoms with Crippen LogP contribution in [0.2, 0.25) is 5.02 Å². The number of nitro benzene ring substituents is 1. The van der Waals surface area contributed by atoms with Gasteiger partial charge in [0.15, 0.2) is 11.6 Å². The SMILES string of the molecule is CC(NC(=O)c1c(Cl)cccc1[N+](=O)[O-])c1ccc(F)c(F)c1. The van der Waals surface area contributed by atoms with E-state index in [2.05, 4.69) is 5.32 Å². The Morgan fingerprint density at radius 1 is 1.26 bits per heavy atom. The third-order valence-corrected chi connectivity index (χ3v) is 3.52. The first-order chi connectivity index (χ1) is 10.8. The zero-order valence-electron chi connectivity index (χ0n) is 11.8. The van der Waals surface area contributed by atoms with Gasteiger partial charge >= 0.3 is 0 Å². The molecule has 120 valence electrons. The Morgan fingerprint density at radius 2 is 1.96 bits per heavy atom. The molecule has 2 aromatic rings. The van der Waals surface area contributed by atoms with Crippen LogP contribution >= 0.6 is 11.6 Å². The molecule has 1 N–H and O–H groups in total. The topological polar surface area (TPSA) is 72.2 Å². The molecule has 8 heteroatoms. The summed E-state index contributed by atoms with van der Waals surface area (Å²) >= 11 is 5.87. The van der Waals surface area contributed by atoms with Crippen molar-refractivity contribution in [3.05, 3.63) is 74.3 Å². The molecule has 23 heavy (non-hydrogen) atoms. The number of benzene rings is 2. The van der Waals surface area contributed by atoms with Crippen molar-refractivity contribution in [1.82, 2.24) is 5.32 Å². The molecule has 0 spiro atoms. The zero-order valence-corrected chi connectivity index (χ0v) is 12.6. The van der Waals surface area contributed by atoms with Crippen molar-refractivity contribution in [3.63, 3.8) is 0 Å². The van der Waals surface area contributed by atoms with E-state index >= 15 is 0 Å². The monoisotopic (exact) mass is 340 g/mol. The minimum Gasteiger partial charge on any atom is -0.345 e. The van der Waals surface area contributed by atoms with Gasteiger partial charge in [0.1, 0.15) is 5.56 Å². The normalized spacial score (nSPS) is 11.8. The fourth-order valence-electron chi connectivity index (χ4n) is 2.02. The van der Waals surface area contributed by atoms with E-state index in [-0.39, 0.29) is 10.6 Å². The van der Waals surface area contributed by atoms with Gasteiger partial charge in [0.25, 0.3) is 11.6 Å². The maximum absolute atomic E-state index is 13.2. The Labute approximate surface area is 135 Å². The largest absolute Gasteiger partial charge is 0.345 e. The first kappa shape index (κ1) is 16.8. The molecule has 1 amide bonds. The average Bonchev–Trinajstić information content (AvgIpc) is 2.49. The summed E-state index contributed by atoms with van der Waals surface area (Å²) in [4.78, 5) is 22.5. The highest BCUT2D eigenvalue weighted by molar-refractivity contribution is 6.34. The summed E-state index contributed by atoms with van der Waals surface area (Å²) in [5.41, 5.74) is -0.409. The molecule has 5 nitrogen and oxygen atoms in total. The highest BCUT2D eigenvalue weighted by atomic mass is 35.5. The first-order valence-electron chi connectivity index (χ1n) is 6.50. The van der Waals surface area contributed by atoms with E-state index in [0.717, 1.165) is 18.2 Å². The van der Waals surface area contributed by atoms with Gasteiger partial charge in [0.2, 0.25) is 0 Å². The smallest absolute Gasteiger partial charge is 0.283 e. The van der Waals surface area contributed by atoms with Crippen molar-refractivity contribution in [3.8, 4) is 0 Å². The number of hydrogen-bond donors (Lipinski definition) is 1. The van der Waals surface area contributed by atoms with Crippen LogP contribution < -0.4 is 5.32 Å². The van der Waals surface area contributed by atoms with Gasteiger partial charge in [-0.05, 0) is 30.7 Å². The van der Waals surface area contributed by atoms with Crippen LogP contribution in [-0.2, 0) is 0 Å². The average molecular weight is 341 g/mol. The molecule has 0 aromatic heterocycles. The molecule has 0 saturated heterocycles. The van der Waals surface area contributed by atoms with Gasteiger partial charge in [-0.2, -0.15) is 0 Å². The summed E-state index contributed by atoms with van der Waals surface area (Å²) in [5.74, 6) is -2.83. The second kappa shape index (κ2) is 6.70. The van der Waals surface area contributed by atoms with E-state index in [1.54, 1.807) is 0 Å². The highest BCUT2D eigenvalue weighted by Crippen LogP contribution is 2.27. The Kier molecular flexibility index (Phi) is 4.90. The summed E-state index contributed by atoms with van der Waals surface area (Å²) in [6.45, 7) is 1.53. The fraction of sp³-hybridized carbons (Fsp3) is 0.133. The predicted molar refractivity (Wildman–Crippen MR) is 80.3 cm³/mol. The van der Waals surface area contributed by atoms with E-state index in [9.17, 15) is 23.7 Å². The summed E-state index contributed by atoms with van der Waals surface area (Å²) < 4.78 is 26.2. The van der Waals surface area contributed by atoms with Crippen LogP contribution in [0.1, 0.15) is 28.9 Å². The predicted octanol–water partition coefficient (Wildman–Crippen LogP) is 4.02. The van der Waals surface area contributed by atoms with Gasteiger partial charge in [-0.3, -0.25) is 14.9 Å². The molecule has 0 saturated carbocycles. The molecule has 0 aliphatic rings. The van der Waals surface area contributed by atoms with Crippen molar-refractivity contribution in [2.45, 2.75) is 13.0 Å². The fourth-order valence-corrected chi connectivity index (χ4v) is 2.28. The number of carbonyl (C=O) groups excluding carboxylic acids is 1. The molecule has 1 unspecified atom stereocenters. The third kappa shape index (κ3) is 3.62. The number of rotatable bonds is 4. The van der Waals surface area contributed by atoms with Crippen molar-refractivity contribution >= 4 is 23.2 Å². The second-order valence-electron chi connectivity index (χ2n) is 4.76. The maximum atomic E-state index is 13.2. The van der Waals surface area contributed by atoms with Gasteiger partial charge in [0.05, 0.1) is 16.0 Å². The highest BCUT2D eigenvalue weighted by Gasteiger charge is 2.24. The molecule has 0 radical (unpaired) electrons. The van der Waals surface area contributed by atoms with Gasteiger partial charge in [-0.1, -0.05) is 23.7 Å². The van der Waals surface area contributed by atoms with Gasteiger partial charge in [-0.15, -0.1) is 0 Å². The van der Waals surface area contributed by atoms with Gasteiger partial charge < -0.3 is 5.32 Å². The summed E-state index contributed by atoms with van der Waals surface area (Å²) in [5, 5.41) is 13.4. The van der Waals surface area contributed by atoms with E-state index in [0.29, 0.717) is 5.56 Å². The van der Waals surface area contributed by atoms with E-state index in [1.807, 2.05) is 0 Å². The van der Waals surface area contributed by atoms with Crippen LogP contribution in [0.3, 0.4) is 0 Å². The number of nitro groups is 1. The minimum absolute atomic E-state index is 0.0748. The Morgan fingerprint density at radius 3 is 2.57 bits per heavy atom. The second-order valence-corrected chi connectivity index (χ2v) is 5.17. The lowest BCUT2D eigenvalue weighted by atomic mass is 10.1. The number of carbonyl (C=O) groups is 1. The molecule has 2 aromatic carbocycles. The van der Waals surface area contributed by atoms with Gasteiger partial charge in [-0.25, -0.2) is 8.78 Å². The molecule has 0 fully saturated rings. The molecule has 0 bridgehead atoms. The van der Waals surface area contributed by atoms with E-state index < -0.39 is 34.2 Å². The molecular formula is C15H11ClF2N2O3. The molecule has 0 heterocycles. The lowest BCUT2D eigenvalue weighted by Gasteiger charge is -2.15. The first-order valence-corrected chi connectivity index (χ1v) is 6.87. The number of hydrogen-bond acceptors (Lipinski definition) is 3. The Balaban J connectivity index is 2.28. The molecule has 0 aliphatic carbocycles. The number of halogens is 3. The summed E-state index contributed by atoms with van der Waals surface area (Å²) in [6.07, 6.45) is 0. The van der Waals surface area contributed by atoms with Crippen LogP contribution in [0.5, 0.6) is 0 Å². The van der Waals surface area contributed by atoms with Crippen molar-refractivity contribution in [1.29, 1.82) is 0 Å². The quantitative estimate of drug-likeness (QED) is 0.675. The van der Waals surface area contributed by atoms with E-state index in [4.69, 9.17) is 11.6 Å². The molecule has 0 aliphatic heterocycles. The zero-order chi connectivity index (χ0) is 17.1. The molecular weight excluding hydrogens is 330 g/mol. The lowest BCUT2D eigenvalue weighted by Crippen LogP contribution is -2.27. The number of amides is 1. The van der Waals surface area contributed by atoms with Crippen LogP contribution in [0.25, 0.3) is 0 Å². The van der Waals surface area contributed by atoms with Crippen LogP contribution in [0.15, 0.2) is 36.4 Å². The molecule has 1 atom stereocenters. The number of nitrogens with zero attached hydrogens (tertiary/aromatic N) is 1. The standard InChI is InChI=1S/C15H11ClF2N2O3/c1-8(9-5-6-11(17)12(18)7-9)19-15(21)14-10(16)3-2-4-13(14)20(22)23/h2-8H,1H3,(H,19,21). The van der Waals surface area contributed by atoms with Crippen LogP contribution in [0, 0.1) is 21.7 Å². The Bertz CT molecular complexity index is 783. The Hall–Kier alpha value is -2.54. The van der Waals surface area contributed by atoms with E-state index in [1.165, 1.54) is 25.1 Å². The van der Waals surface area contributed by atoms with Crippen LogP contribution in [-0.4, -0.2) is 10.8 Å². The van der Waals surface area contributed by atoms with Crippen LogP contribution in [0.4, 0.5) is 14.5 Å². The van der Waals surface area contributed by atoms with Crippen molar-refractivity contribution < 1.29 is 18.5 Å². The molecule has 2 rings (SSSR count). The maximum Gasteiger partial charge on any atom is 0.283 e.